The van der Waals surface area contributed by atoms with Crippen LogP contribution in [0.3, 0.4) is 0 Å². The number of halogens is 2. The quantitative estimate of drug-likeness (QED) is 0.864. The molecule has 0 saturated carbocycles. The summed E-state index contributed by atoms with van der Waals surface area (Å²) < 4.78 is 26.1. The zero-order chi connectivity index (χ0) is 13.7. The van der Waals surface area contributed by atoms with E-state index in [0.717, 1.165) is 17.3 Å². The second kappa shape index (κ2) is 6.29. The van der Waals surface area contributed by atoms with Crippen LogP contribution in [0.25, 0.3) is 0 Å². The molecule has 0 radical (unpaired) electrons. The first-order valence-corrected chi connectivity index (χ1v) is 6.10. The molecule has 0 aliphatic carbocycles. The number of benzene rings is 2. The maximum Gasteiger partial charge on any atom is 0.130 e. The Balaban J connectivity index is 1.88. The van der Waals surface area contributed by atoms with E-state index in [-0.39, 0.29) is 0 Å². The summed E-state index contributed by atoms with van der Waals surface area (Å²) in [6, 6.07) is 11.6. The van der Waals surface area contributed by atoms with Crippen molar-refractivity contribution < 1.29 is 8.78 Å². The smallest absolute Gasteiger partial charge is 0.130 e. The van der Waals surface area contributed by atoms with E-state index >= 15 is 0 Å². The zero-order valence-electron chi connectivity index (χ0n) is 10.7. The highest BCUT2D eigenvalue weighted by molar-refractivity contribution is 5.43. The Kier molecular flexibility index (Phi) is 4.47. The standard InChI is InChI=1S/C15H16F2N2/c1-18-14-6-2-11(3-7-14)9-19-10-12-4-5-13(16)8-15(12)17/h2-8,18-19H,9-10H2,1H3. The fraction of sp³-hybridized carbons (Fsp3) is 0.200. The molecule has 2 nitrogen and oxygen atoms in total. The summed E-state index contributed by atoms with van der Waals surface area (Å²) in [7, 11) is 1.87. The van der Waals surface area contributed by atoms with Crippen LogP contribution >= 0.6 is 0 Å². The maximum absolute atomic E-state index is 13.4. The lowest BCUT2D eigenvalue weighted by Crippen LogP contribution is -2.13. The summed E-state index contributed by atoms with van der Waals surface area (Å²) in [5.41, 5.74) is 2.63. The SMILES string of the molecule is CNc1ccc(CNCc2ccc(F)cc2F)cc1. The average Bonchev–Trinajstić information content (AvgIpc) is 2.42. The fourth-order valence-corrected chi connectivity index (χ4v) is 1.80. The lowest BCUT2D eigenvalue weighted by molar-refractivity contribution is 0.560. The van der Waals surface area contributed by atoms with Gasteiger partial charge in [-0.25, -0.2) is 8.78 Å². The molecule has 0 unspecified atom stereocenters. The number of anilines is 1. The largest absolute Gasteiger partial charge is 0.388 e. The van der Waals surface area contributed by atoms with Crippen molar-refractivity contribution in [3.8, 4) is 0 Å². The number of nitrogens with one attached hydrogen (secondary N) is 2. The van der Waals surface area contributed by atoms with E-state index in [1.165, 1.54) is 12.1 Å². The highest BCUT2D eigenvalue weighted by Gasteiger charge is 2.03. The molecular weight excluding hydrogens is 246 g/mol. The highest BCUT2D eigenvalue weighted by atomic mass is 19.1. The van der Waals surface area contributed by atoms with Crippen molar-refractivity contribution >= 4 is 5.69 Å². The minimum atomic E-state index is -0.552. The van der Waals surface area contributed by atoms with E-state index in [4.69, 9.17) is 0 Å². The first-order chi connectivity index (χ1) is 9.19. The zero-order valence-corrected chi connectivity index (χ0v) is 10.7. The third-order valence-corrected chi connectivity index (χ3v) is 2.90. The predicted octanol–water partition coefficient (Wildman–Crippen LogP) is 3.30. The van der Waals surface area contributed by atoms with Gasteiger partial charge in [-0.2, -0.15) is 0 Å². The van der Waals surface area contributed by atoms with Gasteiger partial charge >= 0.3 is 0 Å². The van der Waals surface area contributed by atoms with Gasteiger partial charge in [-0.15, -0.1) is 0 Å². The van der Waals surface area contributed by atoms with Gasteiger partial charge in [0.05, 0.1) is 0 Å². The molecule has 2 rings (SSSR count). The van der Waals surface area contributed by atoms with Gasteiger partial charge in [0, 0.05) is 37.5 Å². The molecule has 0 aromatic heterocycles. The minimum Gasteiger partial charge on any atom is -0.388 e. The molecule has 2 aromatic rings. The minimum absolute atomic E-state index is 0.375. The Hall–Kier alpha value is -1.94. The molecule has 4 heteroatoms. The molecule has 0 atom stereocenters. The lowest BCUT2D eigenvalue weighted by Gasteiger charge is -2.07. The third-order valence-electron chi connectivity index (χ3n) is 2.90. The summed E-state index contributed by atoms with van der Waals surface area (Å²) in [5, 5.41) is 6.18. The maximum atomic E-state index is 13.4. The van der Waals surface area contributed by atoms with Gasteiger partial charge in [0.1, 0.15) is 11.6 Å². The molecule has 0 fully saturated rings. The lowest BCUT2D eigenvalue weighted by atomic mass is 10.2. The fourth-order valence-electron chi connectivity index (χ4n) is 1.80. The van der Waals surface area contributed by atoms with Crippen molar-refractivity contribution in [1.82, 2.24) is 5.32 Å². The Morgan fingerprint density at radius 1 is 0.947 bits per heavy atom. The second-order valence-corrected chi connectivity index (χ2v) is 4.29. The van der Waals surface area contributed by atoms with E-state index < -0.39 is 11.6 Å². The molecule has 0 spiro atoms. The van der Waals surface area contributed by atoms with Gasteiger partial charge in [0.25, 0.3) is 0 Å². The van der Waals surface area contributed by atoms with Crippen LogP contribution < -0.4 is 10.6 Å². The van der Waals surface area contributed by atoms with E-state index in [1.807, 2.05) is 31.3 Å². The number of rotatable bonds is 5. The first-order valence-electron chi connectivity index (χ1n) is 6.10. The van der Waals surface area contributed by atoms with Crippen LogP contribution in [-0.2, 0) is 13.1 Å². The van der Waals surface area contributed by atoms with Crippen molar-refractivity contribution in [2.75, 3.05) is 12.4 Å². The van der Waals surface area contributed by atoms with Crippen molar-refractivity contribution in [3.05, 3.63) is 65.2 Å². The van der Waals surface area contributed by atoms with Crippen LogP contribution in [-0.4, -0.2) is 7.05 Å². The molecular formula is C15H16F2N2. The molecule has 0 aliphatic heterocycles. The second-order valence-electron chi connectivity index (χ2n) is 4.29. The summed E-state index contributed by atoms with van der Waals surface area (Å²) in [4.78, 5) is 0. The highest BCUT2D eigenvalue weighted by Crippen LogP contribution is 2.11. The van der Waals surface area contributed by atoms with Crippen molar-refractivity contribution in [3.63, 3.8) is 0 Å². The van der Waals surface area contributed by atoms with Gasteiger partial charge in [0.15, 0.2) is 0 Å². The normalized spacial score (nSPS) is 10.5. The molecule has 19 heavy (non-hydrogen) atoms. The van der Waals surface area contributed by atoms with Gasteiger partial charge in [-0.05, 0) is 23.8 Å². The molecule has 0 bridgehead atoms. The van der Waals surface area contributed by atoms with Crippen LogP contribution in [0.15, 0.2) is 42.5 Å². The molecule has 2 N–H and O–H groups in total. The topological polar surface area (TPSA) is 24.1 Å². The van der Waals surface area contributed by atoms with Gasteiger partial charge < -0.3 is 10.6 Å². The molecule has 0 saturated heterocycles. The van der Waals surface area contributed by atoms with Gasteiger partial charge in [-0.3, -0.25) is 0 Å². The van der Waals surface area contributed by atoms with Crippen molar-refractivity contribution in [2.24, 2.45) is 0 Å². The predicted molar refractivity (Wildman–Crippen MR) is 72.9 cm³/mol. The first kappa shape index (κ1) is 13.5. The average molecular weight is 262 g/mol. The van der Waals surface area contributed by atoms with E-state index in [0.29, 0.717) is 18.7 Å². The van der Waals surface area contributed by atoms with Gasteiger partial charge in [0.2, 0.25) is 0 Å². The van der Waals surface area contributed by atoms with E-state index in [9.17, 15) is 8.78 Å². The molecule has 100 valence electrons. The Morgan fingerprint density at radius 2 is 1.68 bits per heavy atom. The molecule has 2 aromatic carbocycles. The Morgan fingerprint density at radius 3 is 2.32 bits per heavy atom. The summed E-state index contributed by atoms with van der Waals surface area (Å²) >= 11 is 0. The van der Waals surface area contributed by atoms with Crippen LogP contribution in [0.2, 0.25) is 0 Å². The molecule has 0 amide bonds. The summed E-state index contributed by atoms with van der Waals surface area (Å²) in [6.07, 6.45) is 0. The summed E-state index contributed by atoms with van der Waals surface area (Å²) in [6.45, 7) is 1.01. The monoisotopic (exact) mass is 262 g/mol. The Bertz CT molecular complexity index is 538. The van der Waals surface area contributed by atoms with Crippen LogP contribution in [0.1, 0.15) is 11.1 Å². The summed E-state index contributed by atoms with van der Waals surface area (Å²) in [5.74, 6) is -1.07. The van der Waals surface area contributed by atoms with Crippen LogP contribution in [0.5, 0.6) is 0 Å². The van der Waals surface area contributed by atoms with Crippen molar-refractivity contribution in [2.45, 2.75) is 13.1 Å². The number of hydrogen-bond acceptors (Lipinski definition) is 2. The van der Waals surface area contributed by atoms with Crippen LogP contribution in [0.4, 0.5) is 14.5 Å². The van der Waals surface area contributed by atoms with Crippen LogP contribution in [0, 0.1) is 11.6 Å². The molecule has 0 heterocycles. The van der Waals surface area contributed by atoms with E-state index in [2.05, 4.69) is 10.6 Å². The third kappa shape index (κ3) is 3.76. The number of hydrogen-bond donors (Lipinski definition) is 2. The Labute approximate surface area is 111 Å². The van der Waals surface area contributed by atoms with Crippen molar-refractivity contribution in [1.29, 1.82) is 0 Å². The molecule has 0 aliphatic rings. The van der Waals surface area contributed by atoms with Gasteiger partial charge in [-0.1, -0.05) is 18.2 Å². The van der Waals surface area contributed by atoms with E-state index in [1.54, 1.807) is 0 Å².